The highest BCUT2D eigenvalue weighted by Gasteiger charge is 2.43. The van der Waals surface area contributed by atoms with Gasteiger partial charge in [0.05, 0.1) is 6.07 Å². The summed E-state index contributed by atoms with van der Waals surface area (Å²) in [6.07, 6.45) is 3.00. The monoisotopic (exact) mass is 320 g/mol. The van der Waals surface area contributed by atoms with Crippen molar-refractivity contribution in [1.29, 1.82) is 5.26 Å². The summed E-state index contributed by atoms with van der Waals surface area (Å²) in [6.45, 7) is 6.77. The van der Waals surface area contributed by atoms with Crippen LogP contribution in [0.5, 0.6) is 0 Å². The number of anilines is 1. The molecule has 0 heterocycles. The molecule has 0 saturated heterocycles. The van der Waals surface area contributed by atoms with Gasteiger partial charge in [-0.05, 0) is 48.8 Å². The number of benzene rings is 1. The van der Waals surface area contributed by atoms with Gasteiger partial charge in [-0.1, -0.05) is 42.8 Å². The Morgan fingerprint density at radius 2 is 2.11 bits per heavy atom. The number of nitrogens with one attached hydrogen (secondary N) is 1. The van der Waals surface area contributed by atoms with Crippen LogP contribution in [0.1, 0.15) is 40.0 Å². The molecule has 0 spiro atoms. The first-order valence-corrected chi connectivity index (χ1v) is 7.59. The van der Waals surface area contributed by atoms with E-state index in [-0.39, 0.29) is 5.41 Å². The summed E-state index contributed by atoms with van der Waals surface area (Å²) in [5.41, 5.74) is 0.787. The normalized spacial score (nSPS) is 29.5. The molecule has 2 nitrogen and oxygen atoms in total. The average Bonchev–Trinajstić information content (AvgIpc) is 2.26. The van der Waals surface area contributed by atoms with Crippen molar-refractivity contribution in [2.24, 2.45) is 11.3 Å². The van der Waals surface area contributed by atoms with Crippen molar-refractivity contribution in [1.82, 2.24) is 0 Å². The molecule has 2 unspecified atom stereocenters. The Balaban J connectivity index is 2.26. The van der Waals surface area contributed by atoms with Crippen LogP contribution < -0.4 is 5.32 Å². The fourth-order valence-corrected chi connectivity index (χ4v) is 4.02. The highest BCUT2D eigenvalue weighted by Crippen LogP contribution is 2.45. The molecule has 2 rings (SSSR count). The molecule has 3 heteroatoms. The Kier molecular flexibility index (Phi) is 3.92. The molecule has 1 aliphatic carbocycles. The standard InChI is InChI=1S/C16H21BrN2/c1-12-8-15(2,3)10-16(9-12,11-18)19-14-6-4-5-13(17)7-14/h4-7,12,19H,8-10H2,1-3H3. The minimum absolute atomic E-state index is 0.215. The Morgan fingerprint density at radius 1 is 1.37 bits per heavy atom. The predicted octanol–water partition coefficient (Wildman–Crippen LogP) is 4.97. The van der Waals surface area contributed by atoms with Crippen molar-refractivity contribution in [3.05, 3.63) is 28.7 Å². The predicted molar refractivity (Wildman–Crippen MR) is 82.9 cm³/mol. The largest absolute Gasteiger partial charge is 0.367 e. The molecule has 1 aliphatic rings. The van der Waals surface area contributed by atoms with Crippen molar-refractivity contribution in [2.45, 2.75) is 45.6 Å². The van der Waals surface area contributed by atoms with Gasteiger partial charge in [-0.2, -0.15) is 5.26 Å². The summed E-state index contributed by atoms with van der Waals surface area (Å²) < 4.78 is 1.04. The Bertz CT molecular complexity index is 504. The number of hydrogen-bond donors (Lipinski definition) is 1. The van der Waals surface area contributed by atoms with Crippen LogP contribution in [0.4, 0.5) is 5.69 Å². The number of hydrogen-bond acceptors (Lipinski definition) is 2. The van der Waals surface area contributed by atoms with Crippen LogP contribution in [0.3, 0.4) is 0 Å². The minimum atomic E-state index is -0.443. The van der Waals surface area contributed by atoms with E-state index in [1.54, 1.807) is 0 Å². The molecular weight excluding hydrogens is 300 g/mol. The quantitative estimate of drug-likeness (QED) is 0.835. The molecule has 0 aromatic heterocycles. The lowest BCUT2D eigenvalue weighted by molar-refractivity contribution is 0.149. The second-order valence-corrected chi connectivity index (χ2v) is 7.60. The van der Waals surface area contributed by atoms with Crippen LogP contribution >= 0.6 is 15.9 Å². The van der Waals surface area contributed by atoms with Gasteiger partial charge in [0.1, 0.15) is 5.54 Å². The molecule has 19 heavy (non-hydrogen) atoms. The number of halogens is 1. The summed E-state index contributed by atoms with van der Waals surface area (Å²) >= 11 is 3.48. The maximum atomic E-state index is 9.70. The van der Waals surface area contributed by atoms with E-state index < -0.39 is 5.54 Å². The molecule has 1 saturated carbocycles. The zero-order chi connectivity index (χ0) is 14.1. The molecule has 1 N–H and O–H groups in total. The van der Waals surface area contributed by atoms with Crippen LogP contribution in [0.2, 0.25) is 0 Å². The summed E-state index contributed by atoms with van der Waals surface area (Å²) in [5, 5.41) is 13.2. The molecule has 1 fully saturated rings. The first-order chi connectivity index (χ1) is 8.84. The molecule has 0 bridgehead atoms. The summed E-state index contributed by atoms with van der Waals surface area (Å²) in [5.74, 6) is 0.572. The zero-order valence-corrected chi connectivity index (χ0v) is 13.4. The number of rotatable bonds is 2. The van der Waals surface area contributed by atoms with E-state index in [1.165, 1.54) is 6.42 Å². The fraction of sp³-hybridized carbons (Fsp3) is 0.562. The van der Waals surface area contributed by atoms with Gasteiger partial charge in [-0.25, -0.2) is 0 Å². The van der Waals surface area contributed by atoms with Crippen LogP contribution in [-0.4, -0.2) is 5.54 Å². The van der Waals surface area contributed by atoms with E-state index >= 15 is 0 Å². The maximum Gasteiger partial charge on any atom is 0.126 e. The summed E-state index contributed by atoms with van der Waals surface area (Å²) in [6, 6.07) is 10.6. The van der Waals surface area contributed by atoms with E-state index in [1.807, 2.05) is 24.3 Å². The van der Waals surface area contributed by atoms with Crippen molar-refractivity contribution < 1.29 is 0 Å². The van der Waals surface area contributed by atoms with Gasteiger partial charge in [0.15, 0.2) is 0 Å². The van der Waals surface area contributed by atoms with Gasteiger partial charge in [0.2, 0.25) is 0 Å². The zero-order valence-electron chi connectivity index (χ0n) is 11.8. The molecule has 0 aliphatic heterocycles. The lowest BCUT2D eigenvalue weighted by Crippen LogP contribution is -2.46. The first-order valence-electron chi connectivity index (χ1n) is 6.79. The van der Waals surface area contributed by atoms with Crippen molar-refractivity contribution in [2.75, 3.05) is 5.32 Å². The van der Waals surface area contributed by atoms with Crippen LogP contribution in [0.15, 0.2) is 28.7 Å². The number of nitriles is 1. The van der Waals surface area contributed by atoms with Crippen molar-refractivity contribution >= 4 is 21.6 Å². The van der Waals surface area contributed by atoms with E-state index in [2.05, 4.69) is 48.1 Å². The lowest BCUT2D eigenvalue weighted by Gasteiger charge is -2.44. The third-order valence-corrected chi connectivity index (χ3v) is 4.29. The van der Waals surface area contributed by atoms with Gasteiger partial charge in [0.25, 0.3) is 0 Å². The van der Waals surface area contributed by atoms with Crippen molar-refractivity contribution in [3.8, 4) is 6.07 Å². The lowest BCUT2D eigenvalue weighted by atomic mass is 9.64. The smallest absolute Gasteiger partial charge is 0.126 e. The number of nitrogens with zero attached hydrogens (tertiary/aromatic N) is 1. The van der Waals surface area contributed by atoms with Gasteiger partial charge >= 0.3 is 0 Å². The van der Waals surface area contributed by atoms with Gasteiger partial charge < -0.3 is 5.32 Å². The van der Waals surface area contributed by atoms with Gasteiger partial charge in [0, 0.05) is 10.2 Å². The van der Waals surface area contributed by atoms with Crippen molar-refractivity contribution in [3.63, 3.8) is 0 Å². The molecule has 2 atom stereocenters. The first kappa shape index (κ1) is 14.4. The molecule has 0 amide bonds. The molecule has 1 aromatic rings. The highest BCUT2D eigenvalue weighted by molar-refractivity contribution is 9.10. The second kappa shape index (κ2) is 5.17. The second-order valence-electron chi connectivity index (χ2n) is 6.68. The van der Waals surface area contributed by atoms with Crippen LogP contribution in [-0.2, 0) is 0 Å². The topological polar surface area (TPSA) is 35.8 Å². The van der Waals surface area contributed by atoms with E-state index in [0.29, 0.717) is 5.92 Å². The molecule has 102 valence electrons. The highest BCUT2D eigenvalue weighted by atomic mass is 79.9. The molecule has 0 radical (unpaired) electrons. The van der Waals surface area contributed by atoms with E-state index in [4.69, 9.17) is 0 Å². The third kappa shape index (κ3) is 3.51. The Morgan fingerprint density at radius 3 is 2.68 bits per heavy atom. The Labute approximate surface area is 124 Å². The maximum absolute atomic E-state index is 9.70. The van der Waals surface area contributed by atoms with Crippen LogP contribution in [0.25, 0.3) is 0 Å². The molecular formula is C16H21BrN2. The molecule has 1 aromatic carbocycles. The Hall–Kier alpha value is -1.01. The third-order valence-electron chi connectivity index (χ3n) is 3.80. The SMILES string of the molecule is CC1CC(C)(C)CC(C#N)(Nc2cccc(Br)c2)C1. The summed E-state index contributed by atoms with van der Waals surface area (Å²) in [4.78, 5) is 0. The van der Waals surface area contributed by atoms with Gasteiger partial charge in [-0.3, -0.25) is 0 Å². The minimum Gasteiger partial charge on any atom is -0.367 e. The van der Waals surface area contributed by atoms with E-state index in [9.17, 15) is 5.26 Å². The van der Waals surface area contributed by atoms with Gasteiger partial charge in [-0.15, -0.1) is 0 Å². The fourth-order valence-electron chi connectivity index (χ4n) is 3.62. The summed E-state index contributed by atoms with van der Waals surface area (Å²) in [7, 11) is 0. The van der Waals surface area contributed by atoms with E-state index in [0.717, 1.165) is 23.0 Å². The van der Waals surface area contributed by atoms with Crippen LogP contribution in [0, 0.1) is 22.7 Å². The average molecular weight is 321 g/mol.